The van der Waals surface area contributed by atoms with Crippen LogP contribution in [0.5, 0.6) is 0 Å². The number of alkyl halides is 5. The molecule has 1 amide bonds. The van der Waals surface area contributed by atoms with Crippen molar-refractivity contribution < 1.29 is 40.3 Å². The van der Waals surface area contributed by atoms with Crippen LogP contribution in [0.15, 0.2) is 12.3 Å². The van der Waals surface area contributed by atoms with E-state index in [1.165, 1.54) is 11.6 Å². The largest absolute Gasteiger partial charge is 0.394 e. The van der Waals surface area contributed by atoms with Crippen molar-refractivity contribution in [1.29, 1.82) is 0 Å². The van der Waals surface area contributed by atoms with Crippen molar-refractivity contribution >= 4 is 15.7 Å². The highest BCUT2D eigenvalue weighted by Crippen LogP contribution is 2.41. The summed E-state index contributed by atoms with van der Waals surface area (Å²) in [5.74, 6) is -0.653. The maximum absolute atomic E-state index is 14.1. The molecule has 14 heteroatoms. The quantitative estimate of drug-likeness (QED) is 0.404. The highest BCUT2D eigenvalue weighted by atomic mass is 32.2. The predicted molar refractivity (Wildman–Crippen MR) is 139 cm³/mol. The van der Waals surface area contributed by atoms with Gasteiger partial charge < -0.3 is 10.4 Å². The van der Waals surface area contributed by atoms with Gasteiger partial charge in [-0.1, -0.05) is 13.8 Å². The van der Waals surface area contributed by atoms with Crippen molar-refractivity contribution in [1.82, 2.24) is 20.1 Å². The van der Waals surface area contributed by atoms with E-state index in [2.05, 4.69) is 15.4 Å². The number of carbonyl (C=O) groups excluding carboxylic acids is 1. The molecule has 0 radical (unpaired) electrons. The van der Waals surface area contributed by atoms with Gasteiger partial charge in [-0.05, 0) is 45.6 Å². The van der Waals surface area contributed by atoms with Crippen molar-refractivity contribution in [2.75, 3.05) is 12.8 Å². The second kappa shape index (κ2) is 11.3. The van der Waals surface area contributed by atoms with Crippen molar-refractivity contribution in [3.8, 4) is 11.3 Å². The molecule has 3 rings (SSSR count). The van der Waals surface area contributed by atoms with E-state index in [1.54, 1.807) is 6.92 Å². The van der Waals surface area contributed by atoms with E-state index in [0.29, 0.717) is 0 Å². The molecule has 2 aromatic rings. The summed E-state index contributed by atoms with van der Waals surface area (Å²) < 4.78 is 93.3. The minimum Gasteiger partial charge on any atom is -0.388 e. The fourth-order valence-electron chi connectivity index (χ4n) is 4.94. The number of sulfone groups is 1. The molecule has 0 aromatic carbocycles. The molecule has 40 heavy (non-hydrogen) atoms. The van der Waals surface area contributed by atoms with Crippen LogP contribution in [-0.2, 0) is 22.8 Å². The maximum Gasteiger partial charge on any atom is 0.394 e. The summed E-state index contributed by atoms with van der Waals surface area (Å²) in [4.78, 5) is 17.1. The number of amides is 1. The lowest BCUT2D eigenvalue weighted by Crippen LogP contribution is -2.47. The van der Waals surface area contributed by atoms with Crippen molar-refractivity contribution in [3.05, 3.63) is 34.8 Å². The zero-order valence-corrected chi connectivity index (χ0v) is 23.9. The molecule has 8 nitrogen and oxygen atoms in total. The average molecular weight is 595 g/mol. The third kappa shape index (κ3) is 6.81. The molecule has 1 fully saturated rings. The normalized spacial score (nSPS) is 20.6. The van der Waals surface area contributed by atoms with E-state index in [1.807, 2.05) is 0 Å². The number of carbonyl (C=O) groups is 1. The van der Waals surface area contributed by atoms with E-state index in [-0.39, 0.29) is 67.0 Å². The summed E-state index contributed by atoms with van der Waals surface area (Å²) in [7, 11) is -3.24. The molecule has 0 bridgehead atoms. The Labute approximate surface area is 230 Å². The van der Waals surface area contributed by atoms with E-state index in [4.69, 9.17) is 0 Å². The van der Waals surface area contributed by atoms with Gasteiger partial charge in [0.2, 0.25) is 0 Å². The first-order valence-electron chi connectivity index (χ1n) is 12.9. The molecule has 1 aliphatic carbocycles. The van der Waals surface area contributed by atoms with Crippen LogP contribution in [-0.4, -0.2) is 64.0 Å². The van der Waals surface area contributed by atoms with E-state index >= 15 is 0 Å². The van der Waals surface area contributed by atoms with Crippen molar-refractivity contribution in [3.63, 3.8) is 0 Å². The van der Waals surface area contributed by atoms with Gasteiger partial charge in [-0.3, -0.25) is 14.5 Å². The monoisotopic (exact) mass is 594 g/mol. The third-order valence-corrected chi connectivity index (χ3v) is 9.31. The standard InChI is InChI=1S/C26H35F5N4O4S/c1-6-35-21(19-13-32-16(11-18(19)22(27)28)12-24(3,4)26(29,30)31)15(2)20(34-35)23(36)33-14-25(37)9-7-17(8-10-25)40(5,38)39/h11,13,17,22,37H,6-10,12,14H2,1-5H3,(H,33,36)/t17-,25+. The Morgan fingerprint density at radius 3 is 2.35 bits per heavy atom. The minimum absolute atomic E-state index is 0.0489. The summed E-state index contributed by atoms with van der Waals surface area (Å²) >= 11 is 0. The SMILES string of the molecule is CCn1nc(C(=O)NC[C@]2(O)CC[C@@H](S(C)(=O)=O)CC2)c(C)c1-c1cnc(CC(C)(C)C(F)(F)F)cc1C(F)F. The van der Waals surface area contributed by atoms with Crippen LogP contribution in [0.1, 0.15) is 80.2 Å². The number of aryl methyl sites for hydroxylation is 1. The number of aromatic nitrogens is 3. The second-order valence-electron chi connectivity index (χ2n) is 11.2. The van der Waals surface area contributed by atoms with Gasteiger partial charge in [0.1, 0.15) is 9.84 Å². The predicted octanol–water partition coefficient (Wildman–Crippen LogP) is 4.79. The fraction of sp³-hybridized carbons (Fsp3) is 0.654. The Balaban J connectivity index is 1.87. The van der Waals surface area contributed by atoms with Crippen LogP contribution in [0.4, 0.5) is 22.0 Å². The molecule has 224 valence electrons. The van der Waals surface area contributed by atoms with Gasteiger partial charge in [-0.2, -0.15) is 18.3 Å². The number of aliphatic hydroxyl groups is 1. The molecule has 0 aliphatic heterocycles. The first-order valence-corrected chi connectivity index (χ1v) is 14.9. The number of hydrogen-bond donors (Lipinski definition) is 2. The number of nitrogens with zero attached hydrogens (tertiary/aromatic N) is 3. The number of rotatable bonds is 9. The van der Waals surface area contributed by atoms with Crippen molar-refractivity contribution in [2.45, 2.75) is 89.8 Å². The molecule has 1 saturated carbocycles. The zero-order chi connectivity index (χ0) is 30.3. The molecule has 2 heterocycles. The molecular weight excluding hydrogens is 559 g/mol. The molecule has 1 aliphatic rings. The lowest BCUT2D eigenvalue weighted by atomic mass is 9.84. The third-order valence-electron chi connectivity index (χ3n) is 7.62. The van der Waals surface area contributed by atoms with Gasteiger partial charge in [0.15, 0.2) is 5.69 Å². The highest BCUT2D eigenvalue weighted by Gasteiger charge is 2.47. The number of hydrogen-bond acceptors (Lipinski definition) is 6. The first-order chi connectivity index (χ1) is 18.3. The van der Waals surface area contributed by atoms with Crippen LogP contribution >= 0.6 is 0 Å². The topological polar surface area (TPSA) is 114 Å². The van der Waals surface area contributed by atoms with Gasteiger partial charge in [-0.25, -0.2) is 17.2 Å². The number of pyridine rings is 1. The van der Waals surface area contributed by atoms with Gasteiger partial charge in [0.25, 0.3) is 12.3 Å². The van der Waals surface area contributed by atoms with E-state index < -0.39 is 56.6 Å². The van der Waals surface area contributed by atoms with Gasteiger partial charge in [-0.15, -0.1) is 0 Å². The van der Waals surface area contributed by atoms with E-state index in [0.717, 1.165) is 32.4 Å². The van der Waals surface area contributed by atoms with Crippen LogP contribution < -0.4 is 5.32 Å². The lowest BCUT2D eigenvalue weighted by Gasteiger charge is -2.35. The Hall–Kier alpha value is -2.61. The average Bonchev–Trinajstić information content (AvgIpc) is 3.17. The van der Waals surface area contributed by atoms with Crippen molar-refractivity contribution in [2.24, 2.45) is 5.41 Å². The van der Waals surface area contributed by atoms with E-state index in [9.17, 15) is 40.3 Å². The fourth-order valence-corrected chi connectivity index (χ4v) is 6.04. The van der Waals surface area contributed by atoms with Crippen LogP contribution in [0.25, 0.3) is 11.3 Å². The summed E-state index contributed by atoms with van der Waals surface area (Å²) in [5, 5.41) is 17.2. The Bertz CT molecular complexity index is 1350. The van der Waals surface area contributed by atoms with Crippen LogP contribution in [0.2, 0.25) is 0 Å². The second-order valence-corrected chi connectivity index (χ2v) is 13.5. The van der Waals surface area contributed by atoms with Gasteiger partial charge in [0, 0.05) is 54.3 Å². The molecule has 0 saturated heterocycles. The summed E-state index contributed by atoms with van der Waals surface area (Å²) in [6, 6.07) is 0.960. The molecule has 0 unspecified atom stereocenters. The Morgan fingerprint density at radius 2 is 1.85 bits per heavy atom. The first kappa shape index (κ1) is 31.9. The summed E-state index contributed by atoms with van der Waals surface area (Å²) in [5.41, 5.74) is -3.80. The zero-order valence-electron chi connectivity index (χ0n) is 23.1. The molecular formula is C26H35F5N4O4S. The van der Waals surface area contributed by atoms with Gasteiger partial charge in [0.05, 0.1) is 22.0 Å². The summed E-state index contributed by atoms with van der Waals surface area (Å²) in [6.07, 6.45) is -5.05. The summed E-state index contributed by atoms with van der Waals surface area (Å²) in [6.45, 7) is 5.20. The Kier molecular flexibility index (Phi) is 9.05. The maximum atomic E-state index is 14.1. The van der Waals surface area contributed by atoms with Gasteiger partial charge >= 0.3 is 6.18 Å². The van der Waals surface area contributed by atoms with Crippen LogP contribution in [0, 0.1) is 12.3 Å². The lowest BCUT2D eigenvalue weighted by molar-refractivity contribution is -0.211. The number of halogens is 5. The minimum atomic E-state index is -4.56. The molecule has 2 aromatic heterocycles. The molecule has 0 spiro atoms. The highest BCUT2D eigenvalue weighted by molar-refractivity contribution is 7.91. The molecule has 2 N–H and O–H groups in total. The number of nitrogens with one attached hydrogen (secondary N) is 1. The van der Waals surface area contributed by atoms with Crippen LogP contribution in [0.3, 0.4) is 0 Å². The smallest absolute Gasteiger partial charge is 0.388 e. The molecule has 0 atom stereocenters. The Morgan fingerprint density at radius 1 is 1.25 bits per heavy atom.